The van der Waals surface area contributed by atoms with Crippen molar-refractivity contribution in [3.05, 3.63) is 115 Å². The number of hydrogen-bond acceptors (Lipinski definition) is 1. The van der Waals surface area contributed by atoms with E-state index in [0.29, 0.717) is 0 Å². The first kappa shape index (κ1) is 30.6. The van der Waals surface area contributed by atoms with Crippen LogP contribution >= 0.6 is 17.0 Å². The van der Waals surface area contributed by atoms with Gasteiger partial charge in [-0.25, -0.2) is 0 Å². The van der Waals surface area contributed by atoms with Crippen LogP contribution in [0.3, 0.4) is 0 Å². The second-order valence-corrected chi connectivity index (χ2v) is 22.1. The topological polar surface area (TPSA) is 26.5 Å². The van der Waals surface area contributed by atoms with Crippen molar-refractivity contribution in [2.24, 2.45) is 4.66 Å². The number of halogens is 2. The summed E-state index contributed by atoms with van der Waals surface area (Å²) in [5, 5.41) is 0. The number of allylic oxidation sites excluding steroid dienone is 1. The molecule has 0 saturated heterocycles. The summed E-state index contributed by atoms with van der Waals surface area (Å²) in [6.07, 6.45) is 12.2. The molecule has 0 amide bonds. The first-order valence-corrected chi connectivity index (χ1v) is 24.1. The maximum absolute atomic E-state index is 5.11. The normalized spacial score (nSPS) is 14.3. The molecule has 0 unspecified atom stereocenters. The van der Waals surface area contributed by atoms with Gasteiger partial charge in [-0.1, -0.05) is 86.4 Å². The first-order valence-electron chi connectivity index (χ1n) is 10.8. The second-order valence-electron chi connectivity index (χ2n) is 9.25. The number of rotatable bonds is 6. The van der Waals surface area contributed by atoms with Crippen LogP contribution in [0.4, 0.5) is 0 Å². The molecule has 1 saturated carbocycles. The number of nitrogens with zero attached hydrogens (tertiary/aromatic N) is 2. The van der Waals surface area contributed by atoms with Crippen LogP contribution in [0.15, 0.2) is 71.4 Å². The summed E-state index contributed by atoms with van der Waals surface area (Å²) >= 11 is -0.826. The Labute approximate surface area is 223 Å². The Kier molecular flexibility index (Phi) is 15.1. The summed E-state index contributed by atoms with van der Waals surface area (Å²) in [5.74, 6) is 0. The molecule has 1 aliphatic carbocycles. The van der Waals surface area contributed by atoms with Gasteiger partial charge in [0.05, 0.1) is 5.71 Å². The summed E-state index contributed by atoms with van der Waals surface area (Å²) < 4.78 is 5.11. The van der Waals surface area contributed by atoms with Crippen LogP contribution in [0.5, 0.6) is 0 Å². The Bertz CT molecular complexity index is 834. The van der Waals surface area contributed by atoms with Crippen molar-refractivity contribution in [1.29, 1.82) is 0 Å². The molecule has 0 aromatic heterocycles. The molecule has 5 radical (unpaired) electrons. The van der Waals surface area contributed by atoms with Crippen molar-refractivity contribution < 1.29 is 20.8 Å². The molecule has 7 heteroatoms. The predicted octanol–water partition coefficient (Wildman–Crippen LogP) is 8.96. The van der Waals surface area contributed by atoms with Gasteiger partial charge >= 0.3 is 37.9 Å². The Morgan fingerprint density at radius 2 is 1.12 bits per heavy atom. The van der Waals surface area contributed by atoms with Crippen LogP contribution in [0.25, 0.3) is 10.7 Å². The van der Waals surface area contributed by atoms with E-state index in [1.54, 1.807) is 0 Å². The molecule has 0 aliphatic heterocycles. The Balaban J connectivity index is 0.000000577. The molecule has 2 nitrogen and oxygen atoms in total. The van der Waals surface area contributed by atoms with Crippen molar-refractivity contribution in [1.82, 2.24) is 0 Å². The van der Waals surface area contributed by atoms with E-state index in [1.165, 1.54) is 0 Å². The van der Waals surface area contributed by atoms with Gasteiger partial charge in [-0.3, -0.25) is 0 Å². The summed E-state index contributed by atoms with van der Waals surface area (Å²) in [6.45, 7) is 13.6. The SMILES string of the molecule is C[Si](C)(C)/N=C(/C=C(\[N-][Si](C)(C)C)c1ccccc1)c1ccccc1.[CH]1[CH][CH][CH][CH]1.[Cl][Zr+2][Cl]. The van der Waals surface area contributed by atoms with Gasteiger partial charge in [0, 0.05) is 0 Å². The van der Waals surface area contributed by atoms with Crippen molar-refractivity contribution in [2.45, 2.75) is 39.3 Å². The summed E-state index contributed by atoms with van der Waals surface area (Å²) in [4.78, 5) is 5.11. The predicted molar refractivity (Wildman–Crippen MR) is 151 cm³/mol. The van der Waals surface area contributed by atoms with Crippen LogP contribution in [0, 0.1) is 32.1 Å². The molecule has 1 fully saturated rings. The zero-order chi connectivity index (χ0) is 24.7. The fraction of sp³-hybridized carbons (Fsp3) is 0.231. The molecule has 0 bridgehead atoms. The average molecular weight is 593 g/mol. The average Bonchev–Trinajstić information content (AvgIpc) is 3.33. The maximum atomic E-state index is 5.11. The number of hydrogen-bond donors (Lipinski definition) is 0. The van der Waals surface area contributed by atoms with Gasteiger partial charge in [0.2, 0.25) is 0 Å². The first-order chi connectivity index (χ1) is 15.6. The van der Waals surface area contributed by atoms with Gasteiger partial charge < -0.3 is 9.64 Å². The molecule has 1 aliphatic rings. The molecular formula is C26H34Cl2N2Si2Zr+. The minimum atomic E-state index is -1.62. The minimum absolute atomic E-state index is 0.826. The van der Waals surface area contributed by atoms with E-state index in [2.05, 4.69) is 93.9 Å². The molecule has 0 atom stereocenters. The van der Waals surface area contributed by atoms with E-state index in [4.69, 9.17) is 26.7 Å². The standard InChI is InChI=1S/C21H29N2Si2.C5H5.2ClH.Zr/c1-24(2,3)22-20(18-13-9-7-10-14-18)17-21(23-25(4,5)6)19-15-11-8-12-16-19;1-2-4-5-3-1;;;/h7-17H,1-6H3;1-5H;2*1H;/q-1;;;;+4/p-2/b20-17-,23-21-;;;;. The molecule has 173 valence electrons. The molecule has 2 aromatic rings. The van der Waals surface area contributed by atoms with Gasteiger partial charge in [0.25, 0.3) is 0 Å². The third-order valence-corrected chi connectivity index (χ3v) is 5.70. The van der Waals surface area contributed by atoms with Gasteiger partial charge in [-0.2, -0.15) is 0 Å². The van der Waals surface area contributed by atoms with Crippen molar-refractivity contribution in [3.63, 3.8) is 0 Å². The van der Waals surface area contributed by atoms with Gasteiger partial charge in [0.1, 0.15) is 0 Å². The van der Waals surface area contributed by atoms with Crippen LogP contribution in [-0.2, 0) is 20.8 Å². The molecular weight excluding hydrogens is 559 g/mol. The van der Waals surface area contributed by atoms with Gasteiger partial charge in [-0.15, -0.1) is 5.70 Å². The van der Waals surface area contributed by atoms with E-state index in [1.807, 2.05) is 44.2 Å². The van der Waals surface area contributed by atoms with Gasteiger partial charge in [-0.05, 0) is 71.1 Å². The summed E-state index contributed by atoms with van der Waals surface area (Å²) in [6, 6.07) is 20.9. The second kappa shape index (κ2) is 16.3. The number of benzene rings is 2. The fourth-order valence-corrected chi connectivity index (χ4v) is 4.58. The van der Waals surface area contributed by atoms with E-state index >= 15 is 0 Å². The van der Waals surface area contributed by atoms with Crippen molar-refractivity contribution in [2.75, 3.05) is 0 Å². The van der Waals surface area contributed by atoms with E-state index in [0.717, 1.165) is 22.5 Å². The van der Waals surface area contributed by atoms with Crippen molar-refractivity contribution in [3.8, 4) is 0 Å². The van der Waals surface area contributed by atoms with Crippen LogP contribution in [0.1, 0.15) is 11.1 Å². The van der Waals surface area contributed by atoms with Crippen LogP contribution in [0.2, 0.25) is 39.3 Å². The van der Waals surface area contributed by atoms with E-state index in [-0.39, 0.29) is 0 Å². The Hall–Kier alpha value is -0.453. The zero-order valence-corrected chi connectivity index (χ0v) is 26.4. The van der Waals surface area contributed by atoms with Crippen LogP contribution in [-0.4, -0.2) is 22.2 Å². The van der Waals surface area contributed by atoms with E-state index in [9.17, 15) is 0 Å². The summed E-state index contributed by atoms with van der Waals surface area (Å²) in [5.41, 5.74) is 4.40. The van der Waals surface area contributed by atoms with E-state index < -0.39 is 37.3 Å². The fourth-order valence-electron chi connectivity index (χ4n) is 2.75. The zero-order valence-electron chi connectivity index (χ0n) is 20.4. The van der Waals surface area contributed by atoms with Crippen molar-refractivity contribution >= 4 is 44.9 Å². The Morgan fingerprint density at radius 1 is 0.727 bits per heavy atom. The monoisotopic (exact) mass is 590 g/mol. The third-order valence-electron chi connectivity index (χ3n) is 3.88. The quantitative estimate of drug-likeness (QED) is 0.236. The molecule has 0 N–H and O–H groups in total. The molecule has 0 spiro atoms. The summed E-state index contributed by atoms with van der Waals surface area (Å²) in [7, 11) is 6.63. The molecule has 0 heterocycles. The van der Waals surface area contributed by atoms with Crippen LogP contribution < -0.4 is 0 Å². The molecule has 33 heavy (non-hydrogen) atoms. The van der Waals surface area contributed by atoms with Gasteiger partial charge in [0.15, 0.2) is 8.24 Å². The third kappa shape index (κ3) is 15.2. The molecule has 2 aromatic carbocycles. The Morgan fingerprint density at radius 3 is 1.48 bits per heavy atom. The molecule has 3 rings (SSSR count).